The predicted molar refractivity (Wildman–Crippen MR) is 73.8 cm³/mol. The summed E-state index contributed by atoms with van der Waals surface area (Å²) in [6.45, 7) is 1.63. The maximum absolute atomic E-state index is 12.1. The second-order valence-corrected chi connectivity index (χ2v) is 5.40. The molecule has 6 nitrogen and oxygen atoms in total. The van der Waals surface area contributed by atoms with Crippen LogP contribution in [0.2, 0.25) is 0 Å². The van der Waals surface area contributed by atoms with Crippen LogP contribution in [0.15, 0.2) is 22.8 Å². The largest absolute Gasteiger partial charge is 0.467 e. The first-order chi connectivity index (χ1) is 9.54. The third-order valence-electron chi connectivity index (χ3n) is 3.47. The molecule has 2 N–H and O–H groups in total. The molecule has 0 bridgehead atoms. The highest BCUT2D eigenvalue weighted by Gasteiger charge is 2.56. The van der Waals surface area contributed by atoms with E-state index in [1.165, 1.54) is 0 Å². The van der Waals surface area contributed by atoms with Crippen LogP contribution >= 0.6 is 0 Å². The van der Waals surface area contributed by atoms with Gasteiger partial charge in [0.2, 0.25) is 11.8 Å². The molecule has 2 rings (SSSR count). The molecule has 1 fully saturated rings. The quantitative estimate of drug-likeness (QED) is 0.706. The van der Waals surface area contributed by atoms with Gasteiger partial charge < -0.3 is 20.0 Å². The number of rotatable bonds is 7. The Hall–Kier alpha value is -1.82. The topological polar surface area (TPSA) is 74.6 Å². The lowest BCUT2D eigenvalue weighted by atomic mass is 10.1. The molecule has 1 saturated carbocycles. The van der Waals surface area contributed by atoms with Crippen molar-refractivity contribution in [2.45, 2.75) is 19.4 Å². The molecule has 1 aliphatic rings. The Kier molecular flexibility index (Phi) is 4.44. The molecule has 1 aromatic heterocycles. The molecule has 1 aliphatic carbocycles. The van der Waals surface area contributed by atoms with E-state index in [0.717, 1.165) is 6.54 Å². The summed E-state index contributed by atoms with van der Waals surface area (Å²) in [5.74, 6) is 0.301. The van der Waals surface area contributed by atoms with Crippen LogP contribution in [0.5, 0.6) is 0 Å². The number of hydrogen-bond acceptors (Lipinski definition) is 4. The van der Waals surface area contributed by atoms with E-state index in [9.17, 15) is 9.59 Å². The van der Waals surface area contributed by atoms with E-state index in [0.29, 0.717) is 31.7 Å². The zero-order valence-electron chi connectivity index (χ0n) is 11.9. The fourth-order valence-corrected chi connectivity index (χ4v) is 1.99. The van der Waals surface area contributed by atoms with Crippen molar-refractivity contribution in [1.29, 1.82) is 0 Å². The first-order valence-corrected chi connectivity index (χ1v) is 6.78. The van der Waals surface area contributed by atoms with Crippen LogP contribution in [-0.2, 0) is 16.1 Å². The van der Waals surface area contributed by atoms with E-state index < -0.39 is 5.41 Å². The Balaban J connectivity index is 1.80. The number of carbonyl (C=O) groups is 2. The summed E-state index contributed by atoms with van der Waals surface area (Å²) in [4.78, 5) is 26.2. The van der Waals surface area contributed by atoms with E-state index >= 15 is 0 Å². The number of furan rings is 1. The molecule has 0 aromatic carbocycles. The maximum Gasteiger partial charge on any atom is 0.236 e. The summed E-state index contributed by atoms with van der Waals surface area (Å²) in [6.07, 6.45) is 2.79. The average Bonchev–Trinajstić information content (AvgIpc) is 3.06. The fourth-order valence-electron chi connectivity index (χ4n) is 1.99. The molecule has 0 unspecified atom stereocenters. The normalized spacial score (nSPS) is 15.9. The van der Waals surface area contributed by atoms with Crippen molar-refractivity contribution < 1.29 is 14.0 Å². The third kappa shape index (κ3) is 3.39. The standard InChI is InChI=1S/C14H21N3O3/c1-17(2)8-7-15-12(18)14(5-6-14)13(19)16-10-11-4-3-9-20-11/h3-4,9H,5-8,10H2,1-2H3,(H,15,18)(H,16,19). The average molecular weight is 279 g/mol. The second-order valence-electron chi connectivity index (χ2n) is 5.40. The molecule has 2 amide bonds. The van der Waals surface area contributed by atoms with Gasteiger partial charge in [0.15, 0.2) is 0 Å². The Morgan fingerprint density at radius 2 is 2.00 bits per heavy atom. The molecule has 0 atom stereocenters. The Morgan fingerprint density at radius 3 is 2.55 bits per heavy atom. The number of likely N-dealkylation sites (N-methyl/N-ethyl adjacent to an activating group) is 1. The number of hydrogen-bond donors (Lipinski definition) is 2. The highest BCUT2D eigenvalue weighted by molar-refractivity contribution is 6.07. The molecule has 0 radical (unpaired) electrons. The van der Waals surface area contributed by atoms with Crippen molar-refractivity contribution in [3.05, 3.63) is 24.2 Å². The lowest BCUT2D eigenvalue weighted by Crippen LogP contribution is -2.44. The first kappa shape index (κ1) is 14.6. The van der Waals surface area contributed by atoms with E-state index in [2.05, 4.69) is 10.6 Å². The van der Waals surface area contributed by atoms with Gasteiger partial charge in [-0.25, -0.2) is 0 Å². The summed E-state index contributed by atoms with van der Waals surface area (Å²) in [7, 11) is 3.88. The first-order valence-electron chi connectivity index (χ1n) is 6.78. The summed E-state index contributed by atoms with van der Waals surface area (Å²) in [6, 6.07) is 3.55. The lowest BCUT2D eigenvalue weighted by Gasteiger charge is -2.16. The SMILES string of the molecule is CN(C)CCNC(=O)C1(C(=O)NCc2ccco2)CC1. The van der Waals surface area contributed by atoms with Crippen molar-refractivity contribution in [3.8, 4) is 0 Å². The number of nitrogens with zero attached hydrogens (tertiary/aromatic N) is 1. The zero-order chi connectivity index (χ0) is 14.6. The van der Waals surface area contributed by atoms with Crippen LogP contribution in [0.3, 0.4) is 0 Å². The zero-order valence-corrected chi connectivity index (χ0v) is 11.9. The molecule has 1 aromatic rings. The summed E-state index contributed by atoms with van der Waals surface area (Å²) in [5.41, 5.74) is -0.862. The highest BCUT2D eigenvalue weighted by atomic mass is 16.3. The van der Waals surface area contributed by atoms with Gasteiger partial charge in [-0.05, 0) is 39.1 Å². The highest BCUT2D eigenvalue weighted by Crippen LogP contribution is 2.46. The van der Waals surface area contributed by atoms with Crippen molar-refractivity contribution in [1.82, 2.24) is 15.5 Å². The van der Waals surface area contributed by atoms with Crippen LogP contribution in [0.25, 0.3) is 0 Å². The number of amides is 2. The van der Waals surface area contributed by atoms with E-state index in [1.807, 2.05) is 19.0 Å². The minimum absolute atomic E-state index is 0.170. The summed E-state index contributed by atoms with van der Waals surface area (Å²) >= 11 is 0. The minimum atomic E-state index is -0.862. The monoisotopic (exact) mass is 279 g/mol. The van der Waals surface area contributed by atoms with Gasteiger partial charge in [-0.15, -0.1) is 0 Å². The predicted octanol–water partition coefficient (Wildman–Crippen LogP) is 0.354. The van der Waals surface area contributed by atoms with Crippen LogP contribution in [0.4, 0.5) is 0 Å². The van der Waals surface area contributed by atoms with E-state index in [4.69, 9.17) is 4.42 Å². The smallest absolute Gasteiger partial charge is 0.236 e. The summed E-state index contributed by atoms with van der Waals surface area (Å²) < 4.78 is 5.15. The molecule has 0 spiro atoms. The van der Waals surface area contributed by atoms with Gasteiger partial charge in [-0.3, -0.25) is 9.59 Å². The Morgan fingerprint density at radius 1 is 1.30 bits per heavy atom. The van der Waals surface area contributed by atoms with Crippen LogP contribution in [-0.4, -0.2) is 43.9 Å². The van der Waals surface area contributed by atoms with Gasteiger partial charge in [-0.1, -0.05) is 0 Å². The Labute approximate surface area is 118 Å². The number of nitrogens with one attached hydrogen (secondary N) is 2. The van der Waals surface area contributed by atoms with Crippen LogP contribution in [0.1, 0.15) is 18.6 Å². The third-order valence-corrected chi connectivity index (χ3v) is 3.47. The van der Waals surface area contributed by atoms with Gasteiger partial charge in [0.1, 0.15) is 11.2 Å². The second kappa shape index (κ2) is 6.09. The Bertz CT molecular complexity index is 464. The molecule has 0 saturated heterocycles. The molecule has 0 aliphatic heterocycles. The summed E-state index contributed by atoms with van der Waals surface area (Å²) in [5, 5.41) is 5.59. The fraction of sp³-hybridized carbons (Fsp3) is 0.571. The van der Waals surface area contributed by atoms with Crippen LogP contribution < -0.4 is 10.6 Å². The van der Waals surface area contributed by atoms with Crippen molar-refractivity contribution in [2.24, 2.45) is 5.41 Å². The lowest BCUT2D eigenvalue weighted by molar-refractivity contribution is -0.137. The van der Waals surface area contributed by atoms with Crippen molar-refractivity contribution in [3.63, 3.8) is 0 Å². The van der Waals surface area contributed by atoms with Gasteiger partial charge in [0.25, 0.3) is 0 Å². The molecule has 1 heterocycles. The van der Waals surface area contributed by atoms with Gasteiger partial charge in [-0.2, -0.15) is 0 Å². The minimum Gasteiger partial charge on any atom is -0.467 e. The van der Waals surface area contributed by atoms with Gasteiger partial charge in [0, 0.05) is 13.1 Å². The van der Waals surface area contributed by atoms with Crippen molar-refractivity contribution in [2.75, 3.05) is 27.2 Å². The van der Waals surface area contributed by atoms with E-state index in [1.54, 1.807) is 18.4 Å². The van der Waals surface area contributed by atoms with E-state index in [-0.39, 0.29) is 11.8 Å². The molecule has 110 valence electrons. The molecular formula is C14H21N3O3. The molecule has 6 heteroatoms. The van der Waals surface area contributed by atoms with Gasteiger partial charge >= 0.3 is 0 Å². The maximum atomic E-state index is 12.1. The molecule has 20 heavy (non-hydrogen) atoms. The molecular weight excluding hydrogens is 258 g/mol. The van der Waals surface area contributed by atoms with Crippen molar-refractivity contribution >= 4 is 11.8 Å². The van der Waals surface area contributed by atoms with Gasteiger partial charge in [0.05, 0.1) is 12.8 Å². The number of carbonyl (C=O) groups excluding carboxylic acids is 2. The van der Waals surface area contributed by atoms with Crippen LogP contribution in [0, 0.1) is 5.41 Å².